The Morgan fingerprint density at radius 2 is 1.97 bits per heavy atom. The predicted octanol–water partition coefficient (Wildman–Crippen LogP) is 4.98. The van der Waals surface area contributed by atoms with Gasteiger partial charge in [-0.3, -0.25) is 9.48 Å². The molecule has 0 radical (unpaired) electrons. The number of amides is 1. The predicted molar refractivity (Wildman–Crippen MR) is 130 cm³/mol. The van der Waals surface area contributed by atoms with Crippen LogP contribution in [0.1, 0.15) is 41.0 Å². The Labute approximate surface area is 199 Å². The maximum absolute atomic E-state index is 13.4. The van der Waals surface area contributed by atoms with E-state index in [1.54, 1.807) is 41.2 Å². The van der Waals surface area contributed by atoms with Crippen molar-refractivity contribution >= 4 is 5.91 Å². The number of aromatic nitrogens is 3. The normalized spacial score (nSPS) is 11.4. The molecule has 34 heavy (non-hydrogen) atoms. The fourth-order valence-corrected chi connectivity index (χ4v) is 3.57. The van der Waals surface area contributed by atoms with Crippen LogP contribution in [-0.2, 0) is 7.05 Å². The van der Waals surface area contributed by atoms with Gasteiger partial charge >= 0.3 is 0 Å². The zero-order valence-electron chi connectivity index (χ0n) is 20.1. The van der Waals surface area contributed by atoms with Gasteiger partial charge < -0.3 is 14.8 Å². The van der Waals surface area contributed by atoms with Crippen molar-refractivity contribution in [3.63, 3.8) is 0 Å². The summed E-state index contributed by atoms with van der Waals surface area (Å²) in [4.78, 5) is 17.9. The summed E-state index contributed by atoms with van der Waals surface area (Å²) in [7, 11) is 3.33. The maximum Gasteiger partial charge on any atom is 0.261 e. The van der Waals surface area contributed by atoms with Crippen LogP contribution in [0.3, 0.4) is 0 Å². The molecule has 0 aliphatic rings. The maximum atomic E-state index is 13.4. The minimum absolute atomic E-state index is 0.124. The first-order valence-corrected chi connectivity index (χ1v) is 10.7. The quantitative estimate of drug-likeness (QED) is 0.502. The lowest BCUT2D eigenvalue weighted by atomic mass is 9.99. The molecule has 2 aromatic heterocycles. The number of hydrogen-bond acceptors (Lipinski definition) is 6. The molecule has 8 nitrogen and oxygen atoms in total. The van der Waals surface area contributed by atoms with Gasteiger partial charge in [0.15, 0.2) is 11.5 Å². The Hall–Kier alpha value is -4.38. The highest BCUT2D eigenvalue weighted by atomic mass is 16.5. The molecule has 0 aliphatic carbocycles. The van der Waals surface area contributed by atoms with Crippen LogP contribution >= 0.6 is 0 Å². The molecule has 0 unspecified atom stereocenters. The zero-order chi connectivity index (χ0) is 24.8. The smallest absolute Gasteiger partial charge is 0.261 e. The molecule has 0 aliphatic heterocycles. The number of ether oxygens (including phenoxy) is 2. The summed E-state index contributed by atoms with van der Waals surface area (Å²) in [5, 5.41) is 16.5. The highest BCUT2D eigenvalue weighted by molar-refractivity contribution is 6.00. The van der Waals surface area contributed by atoms with Gasteiger partial charge in [-0.25, -0.2) is 4.98 Å². The van der Waals surface area contributed by atoms with Crippen LogP contribution in [0, 0.1) is 25.2 Å². The monoisotopic (exact) mass is 457 g/mol. The van der Waals surface area contributed by atoms with Crippen molar-refractivity contribution in [2.75, 3.05) is 7.11 Å². The van der Waals surface area contributed by atoms with Gasteiger partial charge in [-0.05, 0) is 51.5 Å². The summed E-state index contributed by atoms with van der Waals surface area (Å²) in [6, 6.07) is 6.87. The van der Waals surface area contributed by atoms with Crippen LogP contribution in [0.2, 0.25) is 0 Å². The first-order chi connectivity index (χ1) is 16.3. The molecule has 1 amide bonds. The molecule has 0 saturated heterocycles. The average Bonchev–Trinajstić information content (AvgIpc) is 3.16. The summed E-state index contributed by atoms with van der Waals surface area (Å²) < 4.78 is 13.2. The number of hydrogen-bond donors (Lipinski definition) is 1. The van der Waals surface area contributed by atoms with E-state index in [2.05, 4.69) is 21.5 Å². The van der Waals surface area contributed by atoms with Crippen molar-refractivity contribution in [1.82, 2.24) is 20.1 Å². The number of carbonyl (C=O) groups excluding carboxylic acids is 1. The highest BCUT2D eigenvalue weighted by Crippen LogP contribution is 2.36. The first kappa shape index (κ1) is 24.3. The number of methoxy groups -OCH3 is 1. The van der Waals surface area contributed by atoms with Crippen LogP contribution in [0.25, 0.3) is 11.1 Å². The lowest BCUT2D eigenvalue weighted by molar-refractivity contribution is 0.0963. The molecule has 3 rings (SSSR count). The molecule has 0 fully saturated rings. The van der Waals surface area contributed by atoms with Crippen molar-refractivity contribution in [2.45, 2.75) is 27.7 Å². The van der Waals surface area contributed by atoms with E-state index in [0.29, 0.717) is 28.3 Å². The van der Waals surface area contributed by atoms with Gasteiger partial charge in [0.1, 0.15) is 5.56 Å². The molecule has 1 aromatic carbocycles. The standard InChI is InChI=1S/C26H27N5O3/c1-7-9-19(8-2)29-25(32)24-16(3)20(21-15-31(5)30-17(21)4)14-28-26(24)34-22-11-10-18(13-27)12-23(22)33-6/h7-12,14-15H,1-6H3,(H,29,32)/b9-7-,19-8+. The van der Waals surface area contributed by atoms with E-state index < -0.39 is 0 Å². The van der Waals surface area contributed by atoms with Gasteiger partial charge in [-0.2, -0.15) is 10.4 Å². The number of allylic oxidation sites excluding steroid dienone is 3. The lowest BCUT2D eigenvalue weighted by Crippen LogP contribution is -2.24. The molecule has 2 heterocycles. The van der Waals surface area contributed by atoms with Crippen LogP contribution in [0.4, 0.5) is 0 Å². The third-order valence-electron chi connectivity index (χ3n) is 5.25. The third-order valence-corrected chi connectivity index (χ3v) is 5.25. The van der Waals surface area contributed by atoms with E-state index >= 15 is 0 Å². The molecule has 1 N–H and O–H groups in total. The molecule has 8 heteroatoms. The SMILES string of the molecule is C/C=C\C(=C/C)NC(=O)c1c(Oc2ccc(C#N)cc2OC)ncc(-c2cn(C)nc2C)c1C. The fraction of sp³-hybridized carbons (Fsp3) is 0.231. The summed E-state index contributed by atoms with van der Waals surface area (Å²) in [5.74, 6) is 0.467. The summed E-state index contributed by atoms with van der Waals surface area (Å²) in [6.07, 6.45) is 9.02. The molecular formula is C26H27N5O3. The topological polar surface area (TPSA) is 102 Å². The Bertz CT molecular complexity index is 1330. The van der Waals surface area contributed by atoms with Crippen molar-refractivity contribution in [1.29, 1.82) is 5.26 Å². The Balaban J connectivity index is 2.16. The van der Waals surface area contributed by atoms with Crippen molar-refractivity contribution in [3.8, 4) is 34.6 Å². The molecule has 174 valence electrons. The average molecular weight is 458 g/mol. The van der Waals surface area contributed by atoms with Crippen LogP contribution < -0.4 is 14.8 Å². The second-order valence-electron chi connectivity index (χ2n) is 7.56. The summed E-state index contributed by atoms with van der Waals surface area (Å²) in [5.41, 5.74) is 4.55. The van der Waals surface area contributed by atoms with E-state index in [4.69, 9.17) is 9.47 Å². The second-order valence-corrected chi connectivity index (χ2v) is 7.56. The van der Waals surface area contributed by atoms with Gasteiger partial charge in [0.2, 0.25) is 5.88 Å². The largest absolute Gasteiger partial charge is 0.493 e. The van der Waals surface area contributed by atoms with Gasteiger partial charge in [0.25, 0.3) is 5.91 Å². The second kappa shape index (κ2) is 10.5. The van der Waals surface area contributed by atoms with E-state index in [-0.39, 0.29) is 17.4 Å². The van der Waals surface area contributed by atoms with Crippen molar-refractivity contribution in [2.24, 2.45) is 7.05 Å². The molecule has 3 aromatic rings. The Morgan fingerprint density at radius 3 is 2.56 bits per heavy atom. The minimum atomic E-state index is -0.359. The molecular weight excluding hydrogens is 430 g/mol. The molecule has 0 saturated carbocycles. The number of benzene rings is 1. The van der Waals surface area contributed by atoms with Gasteiger partial charge in [0, 0.05) is 42.3 Å². The summed E-state index contributed by atoms with van der Waals surface area (Å²) >= 11 is 0. The van der Waals surface area contributed by atoms with Crippen LogP contribution in [0.5, 0.6) is 17.4 Å². The minimum Gasteiger partial charge on any atom is -0.493 e. The number of nitrogens with one attached hydrogen (secondary N) is 1. The van der Waals surface area contributed by atoms with Gasteiger partial charge in [-0.15, -0.1) is 0 Å². The van der Waals surface area contributed by atoms with E-state index in [1.807, 2.05) is 47.0 Å². The van der Waals surface area contributed by atoms with Crippen LogP contribution in [0.15, 0.2) is 54.5 Å². The third kappa shape index (κ3) is 4.99. The van der Waals surface area contributed by atoms with Crippen LogP contribution in [-0.4, -0.2) is 27.8 Å². The van der Waals surface area contributed by atoms with Gasteiger partial charge in [-0.1, -0.05) is 12.2 Å². The summed E-state index contributed by atoms with van der Waals surface area (Å²) in [6.45, 7) is 7.48. The number of rotatable bonds is 7. The van der Waals surface area contributed by atoms with E-state index in [0.717, 1.165) is 16.8 Å². The molecule has 0 spiro atoms. The Morgan fingerprint density at radius 1 is 1.21 bits per heavy atom. The highest BCUT2D eigenvalue weighted by Gasteiger charge is 2.24. The number of nitrogens with zero attached hydrogens (tertiary/aromatic N) is 4. The zero-order valence-corrected chi connectivity index (χ0v) is 20.1. The first-order valence-electron chi connectivity index (χ1n) is 10.7. The number of nitriles is 1. The van der Waals surface area contributed by atoms with Crippen molar-refractivity contribution < 1.29 is 14.3 Å². The Kier molecular flexibility index (Phi) is 7.49. The lowest BCUT2D eigenvalue weighted by Gasteiger charge is -2.17. The molecule has 0 bridgehead atoms. The number of carbonyl (C=O) groups is 1. The number of aryl methyl sites for hydroxylation is 2. The van der Waals surface area contributed by atoms with E-state index in [9.17, 15) is 10.1 Å². The van der Waals surface area contributed by atoms with Gasteiger partial charge in [0.05, 0.1) is 24.4 Å². The molecule has 0 atom stereocenters. The van der Waals surface area contributed by atoms with Crippen molar-refractivity contribution in [3.05, 3.63) is 76.9 Å². The fourth-order valence-electron chi connectivity index (χ4n) is 3.57. The number of pyridine rings is 1. The van der Waals surface area contributed by atoms with E-state index in [1.165, 1.54) is 7.11 Å².